The first-order valence-electron chi connectivity index (χ1n) is 7.79. The molecule has 0 aliphatic carbocycles. The summed E-state index contributed by atoms with van der Waals surface area (Å²) < 4.78 is 33.0. The molecule has 0 aliphatic rings. The van der Waals surface area contributed by atoms with Crippen molar-refractivity contribution in [3.8, 4) is 0 Å². The van der Waals surface area contributed by atoms with Crippen LogP contribution in [0.1, 0.15) is 66.2 Å². The molecule has 0 spiro atoms. The quantitative estimate of drug-likeness (QED) is 0.477. The lowest BCUT2D eigenvalue weighted by Crippen LogP contribution is -2.49. The fourth-order valence-electron chi connectivity index (χ4n) is 2.29. The Labute approximate surface area is 125 Å². The van der Waals surface area contributed by atoms with Gasteiger partial charge in [-0.3, -0.25) is 9.11 Å². The maximum atomic E-state index is 8.74. The minimum absolute atomic E-state index is 1.33. The molecule has 0 aromatic heterocycles. The van der Waals surface area contributed by atoms with Crippen molar-refractivity contribution in [1.29, 1.82) is 0 Å². The summed E-state index contributed by atoms with van der Waals surface area (Å²) >= 11 is 0. The van der Waals surface area contributed by atoms with Gasteiger partial charge in [-0.2, -0.15) is 8.42 Å². The van der Waals surface area contributed by atoms with Crippen molar-refractivity contribution in [3.63, 3.8) is 0 Å². The lowest BCUT2D eigenvalue weighted by molar-refractivity contribution is -0.927. The molecule has 0 atom stereocenters. The van der Waals surface area contributed by atoms with Crippen LogP contribution in [-0.2, 0) is 10.4 Å². The van der Waals surface area contributed by atoms with Crippen LogP contribution < -0.4 is 0 Å². The highest BCUT2D eigenvalue weighted by molar-refractivity contribution is 7.79. The first kappa shape index (κ1) is 22.1. The Bertz CT molecular complexity index is 275. The summed E-state index contributed by atoms with van der Waals surface area (Å²) in [6.07, 6.45) is 8.25. The molecule has 0 amide bonds. The van der Waals surface area contributed by atoms with Crippen LogP contribution in [0.4, 0.5) is 0 Å². The van der Waals surface area contributed by atoms with E-state index in [0.29, 0.717) is 0 Å². The van der Waals surface area contributed by atoms with Gasteiger partial charge >= 0.3 is 10.4 Å². The lowest BCUT2D eigenvalue weighted by atomic mass is 10.1. The van der Waals surface area contributed by atoms with E-state index in [9.17, 15) is 0 Å². The van der Waals surface area contributed by atoms with Gasteiger partial charge in [-0.05, 0) is 26.2 Å². The molecule has 0 aromatic carbocycles. The predicted octanol–water partition coefficient (Wildman–Crippen LogP) is 3.57. The molecule has 0 radical (unpaired) electrons. The molecule has 5 nitrogen and oxygen atoms in total. The smallest absolute Gasteiger partial charge is 0.324 e. The van der Waals surface area contributed by atoms with Crippen LogP contribution in [0.25, 0.3) is 0 Å². The van der Waals surface area contributed by atoms with Crippen molar-refractivity contribution < 1.29 is 22.0 Å². The van der Waals surface area contributed by atoms with Crippen LogP contribution in [0.2, 0.25) is 0 Å². The van der Waals surface area contributed by atoms with Crippen molar-refractivity contribution in [1.82, 2.24) is 0 Å². The minimum Gasteiger partial charge on any atom is -0.324 e. The highest BCUT2D eigenvalue weighted by atomic mass is 32.3. The molecule has 0 fully saturated rings. The van der Waals surface area contributed by atoms with Gasteiger partial charge in [0.1, 0.15) is 0 Å². The number of rotatable bonds is 10. The molecule has 6 heteroatoms. The third-order valence-corrected chi connectivity index (χ3v) is 3.63. The number of hydrogen-bond acceptors (Lipinski definition) is 2. The summed E-state index contributed by atoms with van der Waals surface area (Å²) in [6.45, 7) is 14.9. The number of unbranched alkanes of at least 4 members (excludes halogenated alkanes) is 3. The van der Waals surface area contributed by atoms with Gasteiger partial charge in [0, 0.05) is 0 Å². The molecule has 0 heterocycles. The number of nitrogens with zero attached hydrogens (tertiary/aromatic N) is 1. The van der Waals surface area contributed by atoms with E-state index >= 15 is 0 Å². The topological polar surface area (TPSA) is 74.6 Å². The Balaban J connectivity index is 0. The Morgan fingerprint density at radius 2 is 1.00 bits per heavy atom. The fraction of sp³-hybridized carbons (Fsp3) is 1.00. The normalized spacial score (nSPS) is 11.9. The van der Waals surface area contributed by atoms with Crippen LogP contribution in [0.15, 0.2) is 0 Å². The van der Waals surface area contributed by atoms with Gasteiger partial charge in [0.05, 0.1) is 26.2 Å². The average Bonchev–Trinajstić information content (AvgIpc) is 2.37. The monoisotopic (exact) mass is 312 g/mol. The molecule has 0 bridgehead atoms. The molecule has 20 heavy (non-hydrogen) atoms. The summed E-state index contributed by atoms with van der Waals surface area (Å²) in [6, 6.07) is 0. The van der Waals surface area contributed by atoms with Gasteiger partial charge in [0.15, 0.2) is 0 Å². The zero-order valence-electron chi connectivity index (χ0n) is 13.6. The maximum Gasteiger partial charge on any atom is 0.394 e. The van der Waals surface area contributed by atoms with Crippen molar-refractivity contribution in [2.45, 2.75) is 66.2 Å². The van der Waals surface area contributed by atoms with E-state index in [2.05, 4.69) is 27.7 Å². The van der Waals surface area contributed by atoms with Crippen LogP contribution >= 0.6 is 0 Å². The molecule has 0 aliphatic heterocycles. The van der Waals surface area contributed by atoms with Crippen molar-refractivity contribution in [2.24, 2.45) is 0 Å². The van der Waals surface area contributed by atoms with E-state index in [1.54, 1.807) is 0 Å². The molecular formula is C14H34NO4S+. The first-order valence-corrected chi connectivity index (χ1v) is 9.19. The first-order chi connectivity index (χ1) is 9.24. The fourth-order valence-corrected chi connectivity index (χ4v) is 2.29. The second-order valence-corrected chi connectivity index (χ2v) is 6.23. The highest BCUT2D eigenvalue weighted by Gasteiger charge is 2.22. The Morgan fingerprint density at radius 1 is 0.750 bits per heavy atom. The zero-order valence-corrected chi connectivity index (χ0v) is 14.5. The van der Waals surface area contributed by atoms with Gasteiger partial charge in [0.25, 0.3) is 0 Å². The van der Waals surface area contributed by atoms with E-state index in [0.717, 1.165) is 0 Å². The summed E-state index contributed by atoms with van der Waals surface area (Å²) in [7, 11) is -4.67. The molecule has 0 saturated heterocycles. The van der Waals surface area contributed by atoms with Crippen LogP contribution in [0.5, 0.6) is 0 Å². The van der Waals surface area contributed by atoms with Crippen molar-refractivity contribution in [2.75, 3.05) is 26.2 Å². The third kappa shape index (κ3) is 15.9. The van der Waals surface area contributed by atoms with E-state index in [-0.39, 0.29) is 0 Å². The van der Waals surface area contributed by atoms with E-state index in [1.807, 2.05) is 0 Å². The highest BCUT2D eigenvalue weighted by Crippen LogP contribution is 2.14. The zero-order chi connectivity index (χ0) is 16.1. The van der Waals surface area contributed by atoms with E-state index in [4.69, 9.17) is 17.5 Å². The summed E-state index contributed by atoms with van der Waals surface area (Å²) in [5, 5.41) is 0. The van der Waals surface area contributed by atoms with Crippen LogP contribution in [-0.4, -0.2) is 48.2 Å². The van der Waals surface area contributed by atoms with E-state index < -0.39 is 10.4 Å². The summed E-state index contributed by atoms with van der Waals surface area (Å²) in [5.74, 6) is 0. The van der Waals surface area contributed by atoms with Gasteiger partial charge in [0.2, 0.25) is 0 Å². The van der Waals surface area contributed by atoms with Gasteiger partial charge in [-0.25, -0.2) is 0 Å². The minimum atomic E-state index is -4.67. The third-order valence-electron chi connectivity index (χ3n) is 3.63. The van der Waals surface area contributed by atoms with Gasteiger partial charge in [-0.1, -0.05) is 40.0 Å². The van der Waals surface area contributed by atoms with Crippen LogP contribution in [0, 0.1) is 0 Å². The predicted molar refractivity (Wildman–Crippen MR) is 84.3 cm³/mol. The van der Waals surface area contributed by atoms with Crippen molar-refractivity contribution >= 4 is 10.4 Å². The Hall–Kier alpha value is -0.170. The Morgan fingerprint density at radius 3 is 1.15 bits per heavy atom. The molecule has 0 aromatic rings. The average molecular weight is 312 g/mol. The molecule has 0 saturated carbocycles. The largest absolute Gasteiger partial charge is 0.394 e. The standard InChI is InChI=1S/C14H32N.H2O4S/c1-5-9-12-15(8-4,13-10-6-2)14-11-7-3;1-5(2,3)4/h5-14H2,1-4H3;(H2,1,2,3,4)/q+1;. The summed E-state index contributed by atoms with van der Waals surface area (Å²) in [4.78, 5) is 0. The van der Waals surface area contributed by atoms with E-state index in [1.165, 1.54) is 69.2 Å². The SMILES string of the molecule is CCCC[N+](CC)(CCCC)CCCC.O=S(=O)(O)O. The van der Waals surface area contributed by atoms with Gasteiger partial charge in [-0.15, -0.1) is 0 Å². The molecule has 0 rings (SSSR count). The Kier molecular flexibility index (Phi) is 13.9. The molecule has 124 valence electrons. The second-order valence-electron chi connectivity index (χ2n) is 5.34. The van der Waals surface area contributed by atoms with Crippen molar-refractivity contribution in [3.05, 3.63) is 0 Å². The number of hydrogen-bond donors (Lipinski definition) is 2. The molecule has 2 N–H and O–H groups in total. The molecular weight excluding hydrogens is 278 g/mol. The van der Waals surface area contributed by atoms with Gasteiger partial charge < -0.3 is 4.48 Å². The lowest BCUT2D eigenvalue weighted by Gasteiger charge is -2.38. The molecule has 0 unspecified atom stereocenters. The number of quaternary nitrogens is 1. The van der Waals surface area contributed by atoms with Crippen LogP contribution in [0.3, 0.4) is 0 Å². The maximum absolute atomic E-state index is 8.74. The second kappa shape index (κ2) is 12.6. The summed E-state index contributed by atoms with van der Waals surface area (Å²) in [5.41, 5.74) is 0.